The Hall–Kier alpha value is -3.50. The number of nitriles is 1. The average molecular weight is 398 g/mol. The number of rotatable bonds is 6. The molecule has 1 saturated heterocycles. The molecule has 7 nitrogen and oxygen atoms in total. The molecule has 2 aromatic rings. The van der Waals surface area contributed by atoms with E-state index >= 15 is 0 Å². The Morgan fingerprint density at radius 2 is 1.96 bits per heavy atom. The predicted octanol–water partition coefficient (Wildman–Crippen LogP) is 3.37. The second-order valence-electron chi connectivity index (χ2n) is 5.79. The summed E-state index contributed by atoms with van der Waals surface area (Å²) in [6.45, 7) is 2.33. The van der Waals surface area contributed by atoms with Crippen molar-refractivity contribution in [3.8, 4) is 17.6 Å². The number of nitrogens with zero attached hydrogens (tertiary/aromatic N) is 1. The molecule has 0 aliphatic carbocycles. The smallest absolute Gasteiger partial charge is 0.326 e. The Bertz CT molecular complexity index is 1010. The summed E-state index contributed by atoms with van der Waals surface area (Å²) in [5, 5.41) is 14.0. The molecule has 142 valence electrons. The van der Waals surface area contributed by atoms with Crippen LogP contribution in [-0.4, -0.2) is 18.5 Å². The molecule has 0 unspecified atom stereocenters. The Labute approximate surface area is 166 Å². The molecule has 0 radical (unpaired) electrons. The van der Waals surface area contributed by atoms with Gasteiger partial charge in [-0.25, -0.2) is 4.79 Å². The van der Waals surface area contributed by atoms with Crippen molar-refractivity contribution in [1.82, 2.24) is 10.6 Å². The number of nitrogens with one attached hydrogen (secondary N) is 2. The van der Waals surface area contributed by atoms with Crippen molar-refractivity contribution in [3.63, 3.8) is 0 Å². The second kappa shape index (κ2) is 8.46. The van der Waals surface area contributed by atoms with Gasteiger partial charge in [0.05, 0.1) is 23.3 Å². The van der Waals surface area contributed by atoms with Crippen molar-refractivity contribution in [1.29, 1.82) is 5.26 Å². The summed E-state index contributed by atoms with van der Waals surface area (Å²) >= 11 is 6.37. The minimum absolute atomic E-state index is 0.111. The Morgan fingerprint density at radius 3 is 2.64 bits per heavy atom. The first-order valence-corrected chi connectivity index (χ1v) is 8.80. The summed E-state index contributed by atoms with van der Waals surface area (Å²) < 4.78 is 11.5. The lowest BCUT2D eigenvalue weighted by Gasteiger charge is -2.15. The summed E-state index contributed by atoms with van der Waals surface area (Å²) in [6.07, 6.45) is 1.49. The number of amides is 3. The number of imide groups is 1. The van der Waals surface area contributed by atoms with Gasteiger partial charge in [-0.1, -0.05) is 29.8 Å². The highest BCUT2D eigenvalue weighted by Crippen LogP contribution is 2.38. The lowest BCUT2D eigenvalue weighted by Crippen LogP contribution is -2.22. The van der Waals surface area contributed by atoms with E-state index in [1.165, 1.54) is 6.08 Å². The first-order valence-electron chi connectivity index (χ1n) is 8.43. The molecule has 0 aromatic heterocycles. The largest absolute Gasteiger partial charge is 0.490 e. The van der Waals surface area contributed by atoms with Gasteiger partial charge in [-0.2, -0.15) is 5.26 Å². The molecular weight excluding hydrogens is 382 g/mol. The standard InChI is InChI=1S/C20H16ClN3O4/c1-2-27-17-9-12(8-16-19(25)24-20(26)23-16)7-15(21)18(17)28-11-14-6-4-3-5-13(14)10-22/h3-9H,2,11H2,1H3,(H2,23,24,25,26)/b16-8+. The van der Waals surface area contributed by atoms with Gasteiger partial charge in [-0.15, -0.1) is 0 Å². The third-order valence-corrected chi connectivity index (χ3v) is 4.15. The van der Waals surface area contributed by atoms with Gasteiger partial charge < -0.3 is 14.8 Å². The van der Waals surface area contributed by atoms with E-state index in [0.29, 0.717) is 29.2 Å². The first-order chi connectivity index (χ1) is 13.5. The van der Waals surface area contributed by atoms with E-state index in [4.69, 9.17) is 21.1 Å². The fraction of sp³-hybridized carbons (Fsp3) is 0.150. The number of hydrogen-bond donors (Lipinski definition) is 2. The van der Waals surface area contributed by atoms with Gasteiger partial charge in [-0.05, 0) is 36.8 Å². The summed E-state index contributed by atoms with van der Waals surface area (Å²) in [4.78, 5) is 22.9. The number of carbonyl (C=O) groups is 2. The molecule has 3 amide bonds. The summed E-state index contributed by atoms with van der Waals surface area (Å²) in [6, 6.07) is 11.9. The molecule has 1 fully saturated rings. The zero-order valence-corrected chi connectivity index (χ0v) is 15.7. The normalized spacial score (nSPS) is 14.4. The maximum atomic E-state index is 11.7. The van der Waals surface area contributed by atoms with Crippen molar-refractivity contribution in [2.45, 2.75) is 13.5 Å². The van der Waals surface area contributed by atoms with Crippen LogP contribution < -0.4 is 20.1 Å². The highest BCUT2D eigenvalue weighted by Gasteiger charge is 2.23. The van der Waals surface area contributed by atoms with Crippen LogP contribution in [0, 0.1) is 11.3 Å². The summed E-state index contributed by atoms with van der Waals surface area (Å²) in [7, 11) is 0. The number of benzene rings is 2. The fourth-order valence-electron chi connectivity index (χ4n) is 2.63. The summed E-state index contributed by atoms with van der Waals surface area (Å²) in [5.41, 5.74) is 1.91. The van der Waals surface area contributed by atoms with Crippen LogP contribution >= 0.6 is 11.6 Å². The molecule has 0 bridgehead atoms. The number of urea groups is 1. The van der Waals surface area contributed by atoms with Crippen LogP contribution in [0.2, 0.25) is 5.02 Å². The van der Waals surface area contributed by atoms with Gasteiger partial charge in [-0.3, -0.25) is 10.1 Å². The van der Waals surface area contributed by atoms with E-state index in [0.717, 1.165) is 5.56 Å². The molecule has 0 spiro atoms. The van der Waals surface area contributed by atoms with Gasteiger partial charge >= 0.3 is 6.03 Å². The predicted molar refractivity (Wildman–Crippen MR) is 103 cm³/mol. The Morgan fingerprint density at radius 1 is 1.18 bits per heavy atom. The Kier molecular flexibility index (Phi) is 5.82. The van der Waals surface area contributed by atoms with Gasteiger partial charge in [0, 0.05) is 5.56 Å². The van der Waals surface area contributed by atoms with Crippen molar-refractivity contribution >= 4 is 29.6 Å². The van der Waals surface area contributed by atoms with Gasteiger partial charge in [0.2, 0.25) is 0 Å². The van der Waals surface area contributed by atoms with E-state index in [2.05, 4.69) is 16.7 Å². The SMILES string of the molecule is CCOc1cc(/C=C2/NC(=O)NC2=O)cc(Cl)c1OCc1ccccc1C#N. The fourth-order valence-corrected chi connectivity index (χ4v) is 2.90. The maximum absolute atomic E-state index is 11.7. The van der Waals surface area contributed by atoms with Gasteiger partial charge in [0.25, 0.3) is 5.91 Å². The van der Waals surface area contributed by atoms with E-state index in [-0.39, 0.29) is 17.3 Å². The molecule has 2 aromatic carbocycles. The molecular formula is C20H16ClN3O4. The number of halogens is 1. The van der Waals surface area contributed by atoms with Crippen molar-refractivity contribution in [2.24, 2.45) is 0 Å². The number of carbonyl (C=O) groups excluding carboxylic acids is 2. The zero-order valence-electron chi connectivity index (χ0n) is 14.9. The van der Waals surface area contributed by atoms with Crippen LogP contribution in [0.1, 0.15) is 23.6 Å². The van der Waals surface area contributed by atoms with Crippen LogP contribution in [0.25, 0.3) is 6.08 Å². The molecule has 1 aliphatic rings. The van der Waals surface area contributed by atoms with E-state index in [1.807, 2.05) is 13.0 Å². The van der Waals surface area contributed by atoms with Crippen molar-refractivity contribution < 1.29 is 19.1 Å². The second-order valence-corrected chi connectivity index (χ2v) is 6.19. The molecule has 0 saturated carbocycles. The van der Waals surface area contributed by atoms with Crippen LogP contribution in [0.4, 0.5) is 4.79 Å². The van der Waals surface area contributed by atoms with Crippen molar-refractivity contribution in [2.75, 3.05) is 6.61 Å². The lowest BCUT2D eigenvalue weighted by molar-refractivity contribution is -0.115. The number of hydrogen-bond acceptors (Lipinski definition) is 5. The van der Waals surface area contributed by atoms with E-state index < -0.39 is 11.9 Å². The molecule has 0 atom stereocenters. The lowest BCUT2D eigenvalue weighted by atomic mass is 10.1. The third-order valence-electron chi connectivity index (χ3n) is 3.87. The van der Waals surface area contributed by atoms with E-state index in [1.54, 1.807) is 30.3 Å². The Balaban J connectivity index is 1.89. The summed E-state index contributed by atoms with van der Waals surface area (Å²) in [5.74, 6) is 0.201. The molecule has 8 heteroatoms. The number of ether oxygens (including phenoxy) is 2. The average Bonchev–Trinajstić information content (AvgIpc) is 2.98. The van der Waals surface area contributed by atoms with E-state index in [9.17, 15) is 14.9 Å². The molecule has 3 rings (SSSR count). The molecule has 2 N–H and O–H groups in total. The molecule has 1 aliphatic heterocycles. The van der Waals surface area contributed by atoms with Crippen LogP contribution in [0.3, 0.4) is 0 Å². The zero-order chi connectivity index (χ0) is 20.1. The van der Waals surface area contributed by atoms with Crippen LogP contribution in [0.5, 0.6) is 11.5 Å². The van der Waals surface area contributed by atoms with Gasteiger partial charge in [0.1, 0.15) is 12.3 Å². The third kappa shape index (κ3) is 4.24. The monoisotopic (exact) mass is 397 g/mol. The highest BCUT2D eigenvalue weighted by molar-refractivity contribution is 6.32. The minimum atomic E-state index is -0.580. The highest BCUT2D eigenvalue weighted by atomic mass is 35.5. The quantitative estimate of drug-likeness (QED) is 0.575. The molecule has 1 heterocycles. The molecule has 28 heavy (non-hydrogen) atoms. The van der Waals surface area contributed by atoms with Crippen LogP contribution in [-0.2, 0) is 11.4 Å². The minimum Gasteiger partial charge on any atom is -0.490 e. The maximum Gasteiger partial charge on any atom is 0.326 e. The van der Waals surface area contributed by atoms with Crippen LogP contribution in [0.15, 0.2) is 42.1 Å². The van der Waals surface area contributed by atoms with Crippen molar-refractivity contribution in [3.05, 3.63) is 63.8 Å². The van der Waals surface area contributed by atoms with Gasteiger partial charge in [0.15, 0.2) is 11.5 Å². The first kappa shape index (κ1) is 19.3. The topological polar surface area (TPSA) is 100 Å².